The van der Waals surface area contributed by atoms with Gasteiger partial charge in [-0.1, -0.05) is 0 Å². The van der Waals surface area contributed by atoms with Crippen molar-refractivity contribution in [1.82, 2.24) is 34.4 Å². The van der Waals surface area contributed by atoms with Crippen molar-refractivity contribution in [3.63, 3.8) is 0 Å². The third-order valence-corrected chi connectivity index (χ3v) is 4.93. The van der Waals surface area contributed by atoms with Gasteiger partial charge in [-0.25, -0.2) is 14.5 Å². The lowest BCUT2D eigenvalue weighted by atomic mass is 9.96. The van der Waals surface area contributed by atoms with Crippen LogP contribution in [-0.4, -0.2) is 59.7 Å². The molecule has 140 valence electrons. The van der Waals surface area contributed by atoms with Crippen LogP contribution in [0.5, 0.6) is 0 Å². The number of nitrogens with zero attached hydrogens (tertiary/aromatic N) is 7. The minimum absolute atomic E-state index is 0.0856. The first-order valence-corrected chi connectivity index (χ1v) is 9.33. The van der Waals surface area contributed by atoms with Crippen molar-refractivity contribution >= 4 is 6.09 Å². The highest BCUT2D eigenvalue weighted by molar-refractivity contribution is 5.67. The second-order valence-electron chi connectivity index (χ2n) is 7.36. The van der Waals surface area contributed by atoms with Crippen molar-refractivity contribution in [3.8, 4) is 0 Å². The fraction of sp³-hybridized carbons (Fsp3) is 0.706. The van der Waals surface area contributed by atoms with Gasteiger partial charge in [0, 0.05) is 25.0 Å². The zero-order valence-electron chi connectivity index (χ0n) is 15.3. The lowest BCUT2D eigenvalue weighted by Crippen LogP contribution is -2.39. The Morgan fingerprint density at radius 1 is 1.23 bits per heavy atom. The number of amides is 1. The summed E-state index contributed by atoms with van der Waals surface area (Å²) in [6.07, 6.45) is 7.06. The van der Waals surface area contributed by atoms with Gasteiger partial charge in [0.15, 0.2) is 5.82 Å². The Hall–Kier alpha value is -2.45. The summed E-state index contributed by atoms with van der Waals surface area (Å²) in [7, 11) is 0. The van der Waals surface area contributed by atoms with Gasteiger partial charge in [-0.05, 0) is 39.5 Å². The maximum atomic E-state index is 12.1. The van der Waals surface area contributed by atoms with E-state index in [1.165, 1.54) is 19.2 Å². The van der Waals surface area contributed by atoms with Crippen LogP contribution in [0, 0.1) is 0 Å². The van der Waals surface area contributed by atoms with Gasteiger partial charge in [-0.15, -0.1) is 10.2 Å². The highest BCUT2D eigenvalue weighted by atomic mass is 16.6. The van der Waals surface area contributed by atoms with E-state index in [1.807, 2.05) is 13.8 Å². The Morgan fingerprint density at radius 3 is 2.62 bits per heavy atom. The van der Waals surface area contributed by atoms with E-state index in [2.05, 4.69) is 24.8 Å². The molecule has 1 aliphatic carbocycles. The van der Waals surface area contributed by atoms with Crippen LogP contribution in [0.15, 0.2) is 12.7 Å². The molecule has 4 rings (SSSR count). The molecular weight excluding hydrogens is 334 g/mol. The van der Waals surface area contributed by atoms with Crippen molar-refractivity contribution < 1.29 is 9.53 Å². The first-order valence-electron chi connectivity index (χ1n) is 9.33. The third kappa shape index (κ3) is 3.56. The van der Waals surface area contributed by atoms with Gasteiger partial charge in [0.2, 0.25) is 0 Å². The van der Waals surface area contributed by atoms with E-state index in [1.54, 1.807) is 15.9 Å². The lowest BCUT2D eigenvalue weighted by Gasteiger charge is -2.31. The molecule has 0 radical (unpaired) electrons. The van der Waals surface area contributed by atoms with Crippen molar-refractivity contribution in [2.75, 3.05) is 13.1 Å². The lowest BCUT2D eigenvalue weighted by molar-refractivity contribution is 0.0687. The summed E-state index contributed by atoms with van der Waals surface area (Å²) in [6, 6.07) is 0.502. The number of ether oxygens (including phenoxy) is 1. The van der Waals surface area contributed by atoms with Gasteiger partial charge in [0.1, 0.15) is 25.0 Å². The predicted molar refractivity (Wildman–Crippen MR) is 92.6 cm³/mol. The number of hydrogen-bond donors (Lipinski definition) is 0. The Labute approximate surface area is 152 Å². The number of hydrogen-bond acceptors (Lipinski definition) is 6. The van der Waals surface area contributed by atoms with Crippen molar-refractivity contribution in [2.24, 2.45) is 0 Å². The van der Waals surface area contributed by atoms with Crippen molar-refractivity contribution in [3.05, 3.63) is 24.3 Å². The van der Waals surface area contributed by atoms with E-state index in [0.717, 1.165) is 24.5 Å². The highest BCUT2D eigenvalue weighted by Crippen LogP contribution is 2.40. The molecule has 2 aliphatic rings. The maximum absolute atomic E-state index is 12.1. The van der Waals surface area contributed by atoms with Gasteiger partial charge in [0.25, 0.3) is 0 Å². The molecule has 3 heterocycles. The third-order valence-electron chi connectivity index (χ3n) is 4.93. The maximum Gasteiger partial charge on any atom is 0.410 e. The van der Waals surface area contributed by atoms with Crippen LogP contribution in [0.25, 0.3) is 0 Å². The molecule has 2 aromatic rings. The largest absolute Gasteiger partial charge is 0.447 e. The Kier molecular flexibility index (Phi) is 4.60. The van der Waals surface area contributed by atoms with E-state index >= 15 is 0 Å². The number of rotatable bonds is 5. The molecule has 1 amide bonds. The van der Waals surface area contributed by atoms with Gasteiger partial charge in [0.05, 0.1) is 6.10 Å². The highest BCUT2D eigenvalue weighted by Gasteiger charge is 2.34. The van der Waals surface area contributed by atoms with E-state index in [9.17, 15) is 4.79 Å². The van der Waals surface area contributed by atoms with Gasteiger partial charge in [-0.3, -0.25) is 0 Å². The van der Waals surface area contributed by atoms with Crippen molar-refractivity contribution in [1.29, 1.82) is 0 Å². The second-order valence-corrected chi connectivity index (χ2v) is 7.36. The number of carbonyl (C=O) groups is 1. The van der Waals surface area contributed by atoms with Crippen LogP contribution in [-0.2, 0) is 11.3 Å². The molecule has 1 aliphatic heterocycles. The monoisotopic (exact) mass is 359 g/mol. The average Bonchev–Trinajstić information content (AvgIpc) is 3.16. The molecule has 0 N–H and O–H groups in total. The summed E-state index contributed by atoms with van der Waals surface area (Å²) in [6.45, 7) is 5.74. The molecule has 2 aromatic heterocycles. The average molecular weight is 359 g/mol. The Bertz CT molecular complexity index is 743. The Balaban J connectivity index is 1.45. The molecule has 0 bridgehead atoms. The molecule has 26 heavy (non-hydrogen) atoms. The molecule has 2 fully saturated rings. The Morgan fingerprint density at radius 2 is 2.00 bits per heavy atom. The molecule has 0 aromatic carbocycles. The number of likely N-dealkylation sites (tertiary alicyclic amines) is 1. The number of piperidine rings is 1. The number of carbonyl (C=O) groups excluding carboxylic acids is 1. The SMILES string of the molecule is CC(C)OC(=O)N1CCC(c2nnc(Cn3cncn3)n2C2CC2)CC1. The van der Waals surface area contributed by atoms with Gasteiger partial charge < -0.3 is 14.2 Å². The van der Waals surface area contributed by atoms with Crippen LogP contribution < -0.4 is 0 Å². The first-order chi connectivity index (χ1) is 12.6. The fourth-order valence-corrected chi connectivity index (χ4v) is 3.51. The minimum atomic E-state index is -0.214. The molecule has 1 saturated heterocycles. The topological polar surface area (TPSA) is 91.0 Å². The summed E-state index contributed by atoms with van der Waals surface area (Å²) in [4.78, 5) is 17.9. The second kappa shape index (κ2) is 7.05. The van der Waals surface area contributed by atoms with E-state index in [0.29, 0.717) is 31.6 Å². The van der Waals surface area contributed by atoms with Crippen LogP contribution >= 0.6 is 0 Å². The first kappa shape index (κ1) is 17.0. The van der Waals surface area contributed by atoms with Crippen LogP contribution in [0.3, 0.4) is 0 Å². The van der Waals surface area contributed by atoms with E-state index in [-0.39, 0.29) is 12.2 Å². The number of aromatic nitrogens is 6. The van der Waals surface area contributed by atoms with E-state index in [4.69, 9.17) is 4.74 Å². The quantitative estimate of drug-likeness (QED) is 0.811. The standard InChI is InChI=1S/C17H25N7O2/c1-12(2)26-17(25)22-7-5-13(6-8-22)16-21-20-15(24(16)14-3-4-14)9-23-11-18-10-19-23/h10-14H,3-9H2,1-2H3. The van der Waals surface area contributed by atoms with E-state index < -0.39 is 0 Å². The fourth-order valence-electron chi connectivity index (χ4n) is 3.51. The molecule has 9 nitrogen and oxygen atoms in total. The molecular formula is C17H25N7O2. The molecule has 0 atom stereocenters. The zero-order chi connectivity index (χ0) is 18.1. The molecule has 0 unspecified atom stereocenters. The summed E-state index contributed by atoms with van der Waals surface area (Å²) in [5.41, 5.74) is 0. The summed E-state index contributed by atoms with van der Waals surface area (Å²) >= 11 is 0. The van der Waals surface area contributed by atoms with Crippen LogP contribution in [0.2, 0.25) is 0 Å². The zero-order valence-corrected chi connectivity index (χ0v) is 15.3. The smallest absolute Gasteiger partial charge is 0.410 e. The summed E-state index contributed by atoms with van der Waals surface area (Å²) in [5.74, 6) is 2.32. The molecule has 9 heteroatoms. The molecule has 1 saturated carbocycles. The molecule has 0 spiro atoms. The summed E-state index contributed by atoms with van der Waals surface area (Å²) < 4.78 is 9.38. The van der Waals surface area contributed by atoms with Gasteiger partial charge in [-0.2, -0.15) is 5.10 Å². The van der Waals surface area contributed by atoms with Crippen molar-refractivity contribution in [2.45, 2.75) is 64.1 Å². The predicted octanol–water partition coefficient (Wildman–Crippen LogP) is 1.98. The normalized spacial score (nSPS) is 18.5. The minimum Gasteiger partial charge on any atom is -0.447 e. The van der Waals surface area contributed by atoms with Crippen LogP contribution in [0.4, 0.5) is 4.79 Å². The van der Waals surface area contributed by atoms with Gasteiger partial charge >= 0.3 is 6.09 Å². The summed E-state index contributed by atoms with van der Waals surface area (Å²) in [5, 5.41) is 13.1. The van der Waals surface area contributed by atoms with Crippen LogP contribution in [0.1, 0.15) is 63.1 Å².